The second-order valence-electron chi connectivity index (χ2n) is 8.19. The summed E-state index contributed by atoms with van der Waals surface area (Å²) in [5.41, 5.74) is 1.06. The van der Waals surface area contributed by atoms with Crippen LogP contribution in [0.4, 0.5) is 0 Å². The van der Waals surface area contributed by atoms with Crippen LogP contribution in [0, 0.1) is 11.8 Å². The molecule has 2 fully saturated rings. The van der Waals surface area contributed by atoms with Crippen molar-refractivity contribution in [3.8, 4) is 0 Å². The zero-order valence-electron chi connectivity index (χ0n) is 15.0. The fraction of sp³-hybridized carbons (Fsp3) is 0.722. The molecule has 6 heteroatoms. The van der Waals surface area contributed by atoms with Crippen molar-refractivity contribution in [1.29, 1.82) is 0 Å². The van der Waals surface area contributed by atoms with Gasteiger partial charge in [0.25, 0.3) is 0 Å². The molecule has 3 rings (SSSR count). The number of rotatable bonds is 5. The van der Waals surface area contributed by atoms with Crippen molar-refractivity contribution >= 4 is 23.2 Å². The number of likely N-dealkylation sites (tertiary alicyclic amines) is 1. The number of carbonyl (C=O) groups is 2. The van der Waals surface area contributed by atoms with Gasteiger partial charge in [-0.05, 0) is 25.7 Å². The molecule has 0 spiro atoms. The highest BCUT2D eigenvalue weighted by molar-refractivity contribution is 7.09. The first-order valence-electron chi connectivity index (χ1n) is 8.78. The Morgan fingerprint density at radius 3 is 2.75 bits per heavy atom. The molecule has 1 aliphatic heterocycles. The van der Waals surface area contributed by atoms with Crippen molar-refractivity contribution in [2.24, 2.45) is 11.8 Å². The summed E-state index contributed by atoms with van der Waals surface area (Å²) >= 11 is 1.58. The molecule has 24 heavy (non-hydrogen) atoms. The summed E-state index contributed by atoms with van der Waals surface area (Å²) in [6.45, 7) is 9.76. The van der Waals surface area contributed by atoms with Crippen molar-refractivity contribution in [2.45, 2.75) is 58.4 Å². The Kier molecular flexibility index (Phi) is 4.69. The fourth-order valence-corrected chi connectivity index (χ4v) is 4.01. The van der Waals surface area contributed by atoms with Crippen molar-refractivity contribution in [3.05, 3.63) is 16.1 Å². The summed E-state index contributed by atoms with van der Waals surface area (Å²) in [5.74, 6) is 0.544. The summed E-state index contributed by atoms with van der Waals surface area (Å²) < 4.78 is 0. The zero-order chi connectivity index (χ0) is 17.5. The van der Waals surface area contributed by atoms with Crippen LogP contribution in [0.5, 0.6) is 0 Å². The first kappa shape index (κ1) is 17.4. The highest BCUT2D eigenvalue weighted by Crippen LogP contribution is 2.32. The van der Waals surface area contributed by atoms with Crippen LogP contribution in [-0.4, -0.2) is 34.8 Å². The van der Waals surface area contributed by atoms with Crippen LogP contribution in [0.25, 0.3) is 0 Å². The molecule has 1 aromatic heterocycles. The summed E-state index contributed by atoms with van der Waals surface area (Å²) in [7, 11) is 0. The number of hydrogen-bond donors (Lipinski definition) is 1. The van der Waals surface area contributed by atoms with E-state index in [4.69, 9.17) is 0 Å². The van der Waals surface area contributed by atoms with Crippen LogP contribution in [0.1, 0.15) is 63.7 Å². The van der Waals surface area contributed by atoms with Crippen molar-refractivity contribution in [3.63, 3.8) is 0 Å². The molecular weight excluding hydrogens is 322 g/mol. The predicted molar refractivity (Wildman–Crippen MR) is 94.8 cm³/mol. The van der Waals surface area contributed by atoms with Crippen LogP contribution < -0.4 is 5.32 Å². The van der Waals surface area contributed by atoms with E-state index in [1.807, 2.05) is 11.8 Å². The monoisotopic (exact) mass is 349 g/mol. The van der Waals surface area contributed by atoms with E-state index in [-0.39, 0.29) is 29.2 Å². The minimum atomic E-state index is -0.222. The Hall–Kier alpha value is -1.43. The average Bonchev–Trinajstić information content (AvgIpc) is 3.01. The van der Waals surface area contributed by atoms with E-state index >= 15 is 0 Å². The maximum Gasteiger partial charge on any atom is 0.225 e. The molecule has 1 N–H and O–H groups in total. The van der Waals surface area contributed by atoms with E-state index in [2.05, 4.69) is 36.5 Å². The highest BCUT2D eigenvalue weighted by atomic mass is 32.1. The van der Waals surface area contributed by atoms with Crippen molar-refractivity contribution in [2.75, 3.05) is 13.1 Å². The summed E-state index contributed by atoms with van der Waals surface area (Å²) in [6.07, 6.45) is 2.78. The molecule has 132 valence electrons. The number of thiazole rings is 1. The molecule has 5 nitrogen and oxygen atoms in total. The van der Waals surface area contributed by atoms with Crippen LogP contribution in [0.2, 0.25) is 0 Å². The Labute approximate surface area is 147 Å². The standard InChI is InChI=1S/C18H27N3O2S/c1-11(17-20-14(10-24-17)18(2,3)4)19-16(23)13-7-15(22)21(9-13)8-12-5-6-12/h10-13H,5-9H2,1-4H3,(H,19,23)/t11-,13+/m0/s1. The summed E-state index contributed by atoms with van der Waals surface area (Å²) in [4.78, 5) is 31.1. The SMILES string of the molecule is C[C@H](NC(=O)[C@@H]1CC(=O)N(CC2CC2)C1)c1nc(C(C)(C)C)cs1. The number of amides is 2. The van der Waals surface area contributed by atoms with Gasteiger partial charge in [0.15, 0.2) is 0 Å². The third kappa shape index (κ3) is 3.97. The fourth-order valence-electron chi connectivity index (χ4n) is 2.96. The van der Waals surface area contributed by atoms with Crippen LogP contribution in [0.15, 0.2) is 5.38 Å². The molecule has 2 heterocycles. The predicted octanol–water partition coefficient (Wildman–Crippen LogP) is 2.88. The lowest BCUT2D eigenvalue weighted by Gasteiger charge is -2.18. The lowest BCUT2D eigenvalue weighted by molar-refractivity contribution is -0.129. The van der Waals surface area contributed by atoms with E-state index in [0.29, 0.717) is 18.9 Å². The van der Waals surface area contributed by atoms with Crippen LogP contribution in [-0.2, 0) is 15.0 Å². The smallest absolute Gasteiger partial charge is 0.225 e. The van der Waals surface area contributed by atoms with Gasteiger partial charge in [-0.1, -0.05) is 20.8 Å². The minimum absolute atomic E-state index is 0.0136. The van der Waals surface area contributed by atoms with E-state index in [1.54, 1.807) is 11.3 Å². The molecule has 0 radical (unpaired) electrons. The first-order chi connectivity index (χ1) is 11.2. The quantitative estimate of drug-likeness (QED) is 0.889. The van der Waals surface area contributed by atoms with Crippen molar-refractivity contribution < 1.29 is 9.59 Å². The first-order valence-corrected chi connectivity index (χ1v) is 9.66. The molecule has 0 aromatic carbocycles. The highest BCUT2D eigenvalue weighted by Gasteiger charge is 2.37. The second kappa shape index (κ2) is 6.47. The van der Waals surface area contributed by atoms with Gasteiger partial charge in [-0.25, -0.2) is 4.98 Å². The Morgan fingerprint density at radius 2 is 2.17 bits per heavy atom. The number of nitrogens with zero attached hydrogens (tertiary/aromatic N) is 2. The maximum atomic E-state index is 12.5. The van der Waals surface area contributed by atoms with Crippen molar-refractivity contribution in [1.82, 2.24) is 15.2 Å². The van der Waals surface area contributed by atoms with Gasteiger partial charge in [-0.2, -0.15) is 0 Å². The number of hydrogen-bond acceptors (Lipinski definition) is 4. The molecule has 1 aliphatic carbocycles. The van der Waals surface area contributed by atoms with Gasteiger partial charge in [0.2, 0.25) is 11.8 Å². The lowest BCUT2D eigenvalue weighted by atomic mass is 9.93. The topological polar surface area (TPSA) is 62.3 Å². The molecule has 2 atom stereocenters. The summed E-state index contributed by atoms with van der Waals surface area (Å²) in [5, 5.41) is 6.03. The number of aromatic nitrogens is 1. The molecule has 0 unspecified atom stereocenters. The molecule has 2 amide bonds. The average molecular weight is 350 g/mol. The third-order valence-corrected chi connectivity index (χ3v) is 5.81. The van der Waals surface area contributed by atoms with Crippen LogP contribution in [0.3, 0.4) is 0 Å². The third-order valence-electron chi connectivity index (χ3n) is 4.78. The molecule has 0 bridgehead atoms. The van der Waals surface area contributed by atoms with Gasteiger partial charge >= 0.3 is 0 Å². The molecule has 1 saturated carbocycles. The van der Waals surface area contributed by atoms with E-state index in [9.17, 15) is 9.59 Å². The minimum Gasteiger partial charge on any atom is -0.347 e. The van der Waals surface area contributed by atoms with E-state index in [0.717, 1.165) is 17.2 Å². The Morgan fingerprint density at radius 1 is 1.46 bits per heavy atom. The van der Waals surface area contributed by atoms with E-state index < -0.39 is 0 Å². The normalized spacial score (nSPS) is 22.8. The zero-order valence-corrected chi connectivity index (χ0v) is 15.8. The van der Waals surface area contributed by atoms with Gasteiger partial charge in [-0.3, -0.25) is 9.59 Å². The molecule has 1 aromatic rings. The van der Waals surface area contributed by atoms with Gasteiger partial charge < -0.3 is 10.2 Å². The number of nitrogens with one attached hydrogen (secondary N) is 1. The van der Waals surface area contributed by atoms with Gasteiger partial charge in [0.1, 0.15) is 5.01 Å². The van der Waals surface area contributed by atoms with Crippen LogP contribution >= 0.6 is 11.3 Å². The Bertz CT molecular complexity index is 630. The van der Waals surface area contributed by atoms with E-state index in [1.165, 1.54) is 12.8 Å². The molecule has 2 aliphatic rings. The second-order valence-corrected chi connectivity index (χ2v) is 9.08. The summed E-state index contributed by atoms with van der Waals surface area (Å²) in [6, 6.07) is -0.119. The molecule has 1 saturated heterocycles. The molecular formula is C18H27N3O2S. The maximum absolute atomic E-state index is 12.5. The van der Waals surface area contributed by atoms with Gasteiger partial charge in [0, 0.05) is 30.3 Å². The van der Waals surface area contributed by atoms with Gasteiger partial charge in [-0.15, -0.1) is 11.3 Å². The lowest BCUT2D eigenvalue weighted by Crippen LogP contribution is -2.35. The number of carbonyl (C=O) groups excluding carboxylic acids is 2. The largest absolute Gasteiger partial charge is 0.347 e. The van der Waals surface area contributed by atoms with Gasteiger partial charge in [0.05, 0.1) is 17.7 Å². The Balaban J connectivity index is 1.56.